The Balaban J connectivity index is 1.46. The molecule has 134 valence electrons. The van der Waals surface area contributed by atoms with Gasteiger partial charge in [0, 0.05) is 57.2 Å². The highest BCUT2D eigenvalue weighted by molar-refractivity contribution is 5.49. The van der Waals surface area contributed by atoms with Crippen molar-refractivity contribution in [1.82, 2.24) is 14.7 Å². The smallest absolute Gasteiger partial charge is 0.0983 e. The van der Waals surface area contributed by atoms with Gasteiger partial charge in [-0.05, 0) is 37.5 Å². The molecule has 0 aliphatic carbocycles. The van der Waals surface area contributed by atoms with E-state index in [0.717, 1.165) is 45.8 Å². The molecule has 1 spiro atoms. The minimum Gasteiger partial charge on any atom is -0.370 e. The topological polar surface area (TPSA) is 33.5 Å². The molecule has 0 amide bonds. The third-order valence-electron chi connectivity index (χ3n) is 5.40. The molecular formula is C20H28N4O. The van der Waals surface area contributed by atoms with Crippen molar-refractivity contribution in [2.45, 2.75) is 31.9 Å². The average Bonchev–Trinajstić information content (AvgIpc) is 3.00. The normalized spacial score (nSPS) is 24.8. The van der Waals surface area contributed by atoms with Crippen LogP contribution in [0.15, 0.2) is 36.7 Å². The summed E-state index contributed by atoms with van der Waals surface area (Å²) >= 11 is 0. The maximum Gasteiger partial charge on any atom is 0.0983 e. The van der Waals surface area contributed by atoms with Crippen molar-refractivity contribution in [2.24, 2.45) is 7.05 Å². The predicted octanol–water partition coefficient (Wildman–Crippen LogP) is 2.60. The fourth-order valence-corrected chi connectivity index (χ4v) is 4.26. The van der Waals surface area contributed by atoms with Gasteiger partial charge in [-0.15, -0.1) is 0 Å². The van der Waals surface area contributed by atoms with Gasteiger partial charge < -0.3 is 9.64 Å². The van der Waals surface area contributed by atoms with Crippen LogP contribution >= 0.6 is 0 Å². The predicted molar refractivity (Wildman–Crippen MR) is 99.8 cm³/mol. The number of morpholine rings is 1. The molecule has 3 heterocycles. The molecule has 0 bridgehead atoms. The summed E-state index contributed by atoms with van der Waals surface area (Å²) in [7, 11) is 1.98. The van der Waals surface area contributed by atoms with E-state index in [2.05, 4.69) is 52.3 Å². The number of aryl methyl sites for hydroxylation is 2. The zero-order valence-electron chi connectivity index (χ0n) is 15.3. The SMILES string of the molecule is Cc1cccc(N2CCC[C@]3(CN(Cc4cnn(C)c4)CCO3)C2)c1. The summed E-state index contributed by atoms with van der Waals surface area (Å²) in [5.74, 6) is 0. The van der Waals surface area contributed by atoms with E-state index < -0.39 is 0 Å². The van der Waals surface area contributed by atoms with Crippen LogP contribution in [0.2, 0.25) is 0 Å². The molecule has 2 aliphatic rings. The van der Waals surface area contributed by atoms with Gasteiger partial charge in [0.25, 0.3) is 0 Å². The van der Waals surface area contributed by atoms with E-state index in [1.165, 1.54) is 23.2 Å². The van der Waals surface area contributed by atoms with Crippen LogP contribution in [-0.2, 0) is 18.3 Å². The standard InChI is InChI=1S/C20H28N4O/c1-17-5-3-6-19(11-17)24-8-4-7-20(16-24)15-23(9-10-25-20)14-18-12-21-22(2)13-18/h3,5-6,11-13H,4,7-10,14-16H2,1-2H3/t20-/m0/s1. The zero-order valence-corrected chi connectivity index (χ0v) is 15.3. The van der Waals surface area contributed by atoms with E-state index in [1.54, 1.807) is 0 Å². The minimum absolute atomic E-state index is 0.0392. The Kier molecular flexibility index (Phi) is 4.52. The molecule has 5 heteroatoms. The third-order valence-corrected chi connectivity index (χ3v) is 5.40. The summed E-state index contributed by atoms with van der Waals surface area (Å²) in [5.41, 5.74) is 3.89. The largest absolute Gasteiger partial charge is 0.370 e. The van der Waals surface area contributed by atoms with Gasteiger partial charge in [0.2, 0.25) is 0 Å². The molecule has 25 heavy (non-hydrogen) atoms. The molecular weight excluding hydrogens is 312 g/mol. The van der Waals surface area contributed by atoms with Crippen molar-refractivity contribution in [1.29, 1.82) is 0 Å². The second-order valence-electron chi connectivity index (χ2n) is 7.63. The van der Waals surface area contributed by atoms with Gasteiger partial charge in [0.15, 0.2) is 0 Å². The monoisotopic (exact) mass is 340 g/mol. The Bertz CT molecular complexity index is 724. The van der Waals surface area contributed by atoms with Gasteiger partial charge in [-0.2, -0.15) is 5.10 Å². The van der Waals surface area contributed by atoms with E-state index in [4.69, 9.17) is 4.74 Å². The Labute approximate surface area is 150 Å². The first kappa shape index (κ1) is 16.6. The Morgan fingerprint density at radius 2 is 2.16 bits per heavy atom. The van der Waals surface area contributed by atoms with Crippen LogP contribution in [0.25, 0.3) is 0 Å². The summed E-state index contributed by atoms with van der Waals surface area (Å²) in [6, 6.07) is 8.83. The van der Waals surface area contributed by atoms with Crippen molar-refractivity contribution in [2.75, 3.05) is 37.7 Å². The van der Waals surface area contributed by atoms with E-state index in [9.17, 15) is 0 Å². The lowest BCUT2D eigenvalue weighted by atomic mass is 9.90. The molecule has 0 N–H and O–H groups in total. The maximum atomic E-state index is 6.36. The van der Waals surface area contributed by atoms with Gasteiger partial charge >= 0.3 is 0 Å². The van der Waals surface area contributed by atoms with E-state index >= 15 is 0 Å². The Hall–Kier alpha value is -1.85. The number of ether oxygens (including phenoxy) is 1. The molecule has 1 aromatic heterocycles. The Morgan fingerprint density at radius 1 is 1.24 bits per heavy atom. The highest BCUT2D eigenvalue weighted by Crippen LogP contribution is 2.32. The third kappa shape index (κ3) is 3.72. The molecule has 2 saturated heterocycles. The van der Waals surface area contributed by atoms with E-state index in [0.29, 0.717) is 0 Å². The van der Waals surface area contributed by atoms with Gasteiger partial charge in [-0.25, -0.2) is 0 Å². The molecule has 0 saturated carbocycles. The number of nitrogens with zero attached hydrogens (tertiary/aromatic N) is 4. The molecule has 0 radical (unpaired) electrons. The van der Waals surface area contributed by atoms with Crippen LogP contribution in [0.1, 0.15) is 24.0 Å². The molecule has 1 atom stereocenters. The van der Waals surface area contributed by atoms with Gasteiger partial charge in [-0.1, -0.05) is 12.1 Å². The number of piperidine rings is 1. The van der Waals surface area contributed by atoms with E-state index in [1.807, 2.05) is 17.9 Å². The van der Waals surface area contributed by atoms with Crippen LogP contribution in [0.4, 0.5) is 5.69 Å². The number of anilines is 1. The number of benzene rings is 1. The summed E-state index contributed by atoms with van der Waals surface area (Å²) in [6.45, 7) is 8.06. The maximum absolute atomic E-state index is 6.36. The van der Waals surface area contributed by atoms with Crippen molar-refractivity contribution in [3.63, 3.8) is 0 Å². The number of rotatable bonds is 3. The summed E-state index contributed by atoms with van der Waals surface area (Å²) in [5, 5.41) is 4.30. The van der Waals surface area contributed by atoms with E-state index in [-0.39, 0.29) is 5.60 Å². The highest BCUT2D eigenvalue weighted by Gasteiger charge is 2.40. The fourth-order valence-electron chi connectivity index (χ4n) is 4.26. The van der Waals surface area contributed by atoms with Gasteiger partial charge in [-0.3, -0.25) is 9.58 Å². The number of aromatic nitrogens is 2. The Morgan fingerprint density at radius 3 is 2.96 bits per heavy atom. The van der Waals surface area contributed by atoms with Gasteiger partial charge in [0.05, 0.1) is 18.4 Å². The first-order chi connectivity index (χ1) is 12.1. The zero-order chi connectivity index (χ0) is 17.3. The fraction of sp³-hybridized carbons (Fsp3) is 0.550. The van der Waals surface area contributed by atoms with Crippen molar-refractivity contribution in [3.05, 3.63) is 47.8 Å². The van der Waals surface area contributed by atoms with Crippen LogP contribution in [0, 0.1) is 6.92 Å². The average molecular weight is 340 g/mol. The summed E-state index contributed by atoms with van der Waals surface area (Å²) in [6.07, 6.45) is 6.43. The first-order valence-corrected chi connectivity index (χ1v) is 9.27. The molecule has 4 rings (SSSR count). The second-order valence-corrected chi connectivity index (χ2v) is 7.63. The number of hydrogen-bond acceptors (Lipinski definition) is 4. The van der Waals surface area contributed by atoms with Crippen molar-refractivity contribution < 1.29 is 4.74 Å². The first-order valence-electron chi connectivity index (χ1n) is 9.27. The molecule has 2 aromatic rings. The highest BCUT2D eigenvalue weighted by atomic mass is 16.5. The van der Waals surface area contributed by atoms with Crippen LogP contribution in [-0.4, -0.2) is 53.1 Å². The van der Waals surface area contributed by atoms with Crippen LogP contribution in [0.3, 0.4) is 0 Å². The molecule has 0 unspecified atom stereocenters. The lowest BCUT2D eigenvalue weighted by molar-refractivity contribution is -0.116. The van der Waals surface area contributed by atoms with Gasteiger partial charge in [0.1, 0.15) is 0 Å². The van der Waals surface area contributed by atoms with Crippen LogP contribution < -0.4 is 4.90 Å². The van der Waals surface area contributed by atoms with Crippen LogP contribution in [0.5, 0.6) is 0 Å². The number of hydrogen-bond donors (Lipinski definition) is 0. The van der Waals surface area contributed by atoms with Crippen molar-refractivity contribution in [3.8, 4) is 0 Å². The lowest BCUT2D eigenvalue weighted by Crippen LogP contribution is -2.59. The van der Waals surface area contributed by atoms with Crippen molar-refractivity contribution >= 4 is 5.69 Å². The summed E-state index contributed by atoms with van der Waals surface area (Å²) in [4.78, 5) is 5.03. The molecule has 1 aromatic carbocycles. The molecule has 5 nitrogen and oxygen atoms in total. The molecule has 2 aliphatic heterocycles. The quantitative estimate of drug-likeness (QED) is 0.860. The lowest BCUT2D eigenvalue weighted by Gasteiger charge is -2.48. The summed E-state index contributed by atoms with van der Waals surface area (Å²) < 4.78 is 8.24. The molecule has 2 fully saturated rings. The minimum atomic E-state index is -0.0392. The second kappa shape index (κ2) is 6.81.